The molecule has 2 aliphatic rings. The van der Waals surface area contributed by atoms with Gasteiger partial charge in [0.05, 0.1) is 23.3 Å². The number of anilines is 1. The number of aromatic hydroxyl groups is 1. The van der Waals surface area contributed by atoms with E-state index in [4.69, 9.17) is 32.7 Å². The average molecular weight is 318 g/mol. The molecule has 1 heterocycles. The zero-order valence-corrected chi connectivity index (χ0v) is 12.5. The molecule has 1 aromatic rings. The van der Waals surface area contributed by atoms with Crippen LogP contribution in [0.2, 0.25) is 10.0 Å². The molecule has 2 N–H and O–H groups in total. The number of rotatable bonds is 2. The summed E-state index contributed by atoms with van der Waals surface area (Å²) in [7, 11) is 0. The summed E-state index contributed by atoms with van der Waals surface area (Å²) in [4.78, 5) is 0. The Morgan fingerprint density at radius 3 is 2.20 bits per heavy atom. The summed E-state index contributed by atoms with van der Waals surface area (Å²) in [5.74, 6) is -0.420. The molecule has 1 aliphatic carbocycles. The Morgan fingerprint density at radius 1 is 1.10 bits per heavy atom. The molecule has 1 saturated carbocycles. The van der Waals surface area contributed by atoms with Crippen LogP contribution < -0.4 is 5.32 Å². The van der Waals surface area contributed by atoms with Gasteiger partial charge in [0.2, 0.25) is 0 Å². The monoisotopic (exact) mass is 317 g/mol. The van der Waals surface area contributed by atoms with Crippen molar-refractivity contribution in [3.63, 3.8) is 0 Å². The summed E-state index contributed by atoms with van der Waals surface area (Å²) in [5.41, 5.74) is 0.826. The van der Waals surface area contributed by atoms with Crippen LogP contribution in [0, 0.1) is 0 Å². The largest absolute Gasteiger partial charge is 0.505 e. The number of hydrogen-bond acceptors (Lipinski definition) is 4. The number of nitrogens with one attached hydrogen (secondary N) is 1. The first kappa shape index (κ1) is 14.3. The van der Waals surface area contributed by atoms with Crippen LogP contribution in [0.1, 0.15) is 25.7 Å². The smallest absolute Gasteiger partial charge is 0.168 e. The molecule has 0 atom stereocenters. The van der Waals surface area contributed by atoms with Gasteiger partial charge >= 0.3 is 0 Å². The van der Waals surface area contributed by atoms with Gasteiger partial charge in [-0.15, -0.1) is 0 Å². The highest BCUT2D eigenvalue weighted by Gasteiger charge is 2.40. The standard InChI is InChI=1S/C14H17Cl2NO3/c15-11-7-10(8-12(16)13(11)18)17-9-1-3-14(4-2-9)19-5-6-20-14/h7-9,17-18H,1-6H2. The topological polar surface area (TPSA) is 50.7 Å². The van der Waals surface area contributed by atoms with Crippen molar-refractivity contribution < 1.29 is 14.6 Å². The Balaban J connectivity index is 1.62. The second-order valence-corrected chi connectivity index (χ2v) is 6.13. The normalized spacial score (nSPS) is 22.3. The molecule has 1 aromatic carbocycles. The predicted molar refractivity (Wildman–Crippen MR) is 78.6 cm³/mol. The number of hydrogen-bond donors (Lipinski definition) is 2. The highest BCUT2D eigenvalue weighted by Crippen LogP contribution is 2.38. The van der Waals surface area contributed by atoms with Gasteiger partial charge in [0.1, 0.15) is 0 Å². The van der Waals surface area contributed by atoms with Gasteiger partial charge < -0.3 is 19.9 Å². The molecule has 110 valence electrons. The third kappa shape index (κ3) is 2.84. The molecule has 20 heavy (non-hydrogen) atoms. The molecule has 2 fully saturated rings. The Kier molecular flexibility index (Phi) is 4.00. The highest BCUT2D eigenvalue weighted by atomic mass is 35.5. The third-order valence-electron chi connectivity index (χ3n) is 3.95. The minimum atomic E-state index is -0.345. The van der Waals surface area contributed by atoms with Crippen LogP contribution in [0.15, 0.2) is 12.1 Å². The molecule has 0 radical (unpaired) electrons. The molecule has 0 bridgehead atoms. The van der Waals surface area contributed by atoms with Crippen molar-refractivity contribution >= 4 is 28.9 Å². The fraction of sp³-hybridized carbons (Fsp3) is 0.571. The summed E-state index contributed by atoms with van der Waals surface area (Å²) >= 11 is 11.8. The van der Waals surface area contributed by atoms with Gasteiger partial charge in [-0.2, -0.15) is 0 Å². The number of ether oxygens (including phenoxy) is 2. The van der Waals surface area contributed by atoms with Gasteiger partial charge in [-0.1, -0.05) is 23.2 Å². The maximum absolute atomic E-state index is 9.55. The molecule has 1 aliphatic heterocycles. The highest BCUT2D eigenvalue weighted by molar-refractivity contribution is 6.37. The molecule has 0 amide bonds. The zero-order chi connectivity index (χ0) is 14.2. The Hall–Kier alpha value is -0.680. The molecule has 0 unspecified atom stereocenters. The number of halogens is 2. The maximum Gasteiger partial charge on any atom is 0.168 e. The second kappa shape index (κ2) is 5.60. The summed E-state index contributed by atoms with van der Waals surface area (Å²) in [6, 6.07) is 3.72. The Labute approximate surface area is 128 Å². The third-order valence-corrected chi connectivity index (χ3v) is 4.52. The number of phenolic OH excluding ortho intramolecular Hbond substituents is 1. The molecular weight excluding hydrogens is 301 g/mol. The zero-order valence-electron chi connectivity index (χ0n) is 11.0. The van der Waals surface area contributed by atoms with Crippen LogP contribution in [-0.2, 0) is 9.47 Å². The first-order chi connectivity index (χ1) is 9.58. The molecule has 4 nitrogen and oxygen atoms in total. The van der Waals surface area contributed by atoms with E-state index in [-0.39, 0.29) is 21.6 Å². The van der Waals surface area contributed by atoms with E-state index in [9.17, 15) is 5.11 Å². The van der Waals surface area contributed by atoms with Crippen LogP contribution in [0.25, 0.3) is 0 Å². The molecule has 6 heteroatoms. The van der Waals surface area contributed by atoms with Crippen LogP contribution in [-0.4, -0.2) is 30.1 Å². The molecular formula is C14H17Cl2NO3. The Morgan fingerprint density at radius 2 is 1.65 bits per heavy atom. The number of benzene rings is 1. The number of phenols is 1. The van der Waals surface area contributed by atoms with E-state index in [2.05, 4.69) is 5.32 Å². The van der Waals surface area contributed by atoms with Crippen LogP contribution in [0.5, 0.6) is 5.75 Å². The summed E-state index contributed by atoms with van der Waals surface area (Å²) in [6.45, 7) is 1.39. The lowest BCUT2D eigenvalue weighted by Gasteiger charge is -2.36. The Bertz CT molecular complexity index is 470. The van der Waals surface area contributed by atoms with Crippen molar-refractivity contribution in [2.45, 2.75) is 37.5 Å². The fourth-order valence-electron chi connectivity index (χ4n) is 2.87. The van der Waals surface area contributed by atoms with Crippen molar-refractivity contribution in [3.05, 3.63) is 22.2 Å². The van der Waals surface area contributed by atoms with Gasteiger partial charge in [0.15, 0.2) is 11.5 Å². The lowest BCUT2D eigenvalue weighted by atomic mass is 9.90. The SMILES string of the molecule is Oc1c(Cl)cc(NC2CCC3(CC2)OCCO3)cc1Cl. The van der Waals surface area contributed by atoms with Crippen molar-refractivity contribution in [2.24, 2.45) is 0 Å². The quantitative estimate of drug-likeness (QED) is 0.815. The van der Waals surface area contributed by atoms with Crippen molar-refractivity contribution in [1.82, 2.24) is 0 Å². The minimum Gasteiger partial charge on any atom is -0.505 e. The van der Waals surface area contributed by atoms with E-state index < -0.39 is 0 Å². The van der Waals surface area contributed by atoms with E-state index in [0.29, 0.717) is 19.3 Å². The average Bonchev–Trinajstić information content (AvgIpc) is 2.87. The van der Waals surface area contributed by atoms with Crippen molar-refractivity contribution in [1.29, 1.82) is 0 Å². The van der Waals surface area contributed by atoms with Crippen molar-refractivity contribution in [3.8, 4) is 5.75 Å². The lowest BCUT2D eigenvalue weighted by molar-refractivity contribution is -0.177. The van der Waals surface area contributed by atoms with Crippen molar-refractivity contribution in [2.75, 3.05) is 18.5 Å². The summed E-state index contributed by atoms with van der Waals surface area (Å²) in [6.07, 6.45) is 3.72. The van der Waals surface area contributed by atoms with Gasteiger partial charge in [-0.25, -0.2) is 0 Å². The lowest BCUT2D eigenvalue weighted by Crippen LogP contribution is -2.39. The van der Waals surface area contributed by atoms with E-state index in [1.54, 1.807) is 12.1 Å². The molecule has 1 saturated heterocycles. The van der Waals surface area contributed by atoms with Gasteiger partial charge in [0, 0.05) is 24.6 Å². The molecule has 3 rings (SSSR count). The maximum atomic E-state index is 9.55. The van der Waals surface area contributed by atoms with E-state index >= 15 is 0 Å². The second-order valence-electron chi connectivity index (χ2n) is 5.31. The predicted octanol–water partition coefficient (Wildman–Crippen LogP) is 3.80. The minimum absolute atomic E-state index is 0.0748. The summed E-state index contributed by atoms with van der Waals surface area (Å²) in [5, 5.41) is 13.5. The van der Waals surface area contributed by atoms with Gasteiger partial charge in [0.25, 0.3) is 0 Å². The first-order valence-electron chi connectivity index (χ1n) is 6.80. The van der Waals surface area contributed by atoms with Crippen LogP contribution >= 0.6 is 23.2 Å². The molecule has 1 spiro atoms. The summed E-state index contributed by atoms with van der Waals surface area (Å²) < 4.78 is 11.4. The van der Waals surface area contributed by atoms with E-state index in [1.807, 2.05) is 0 Å². The van der Waals surface area contributed by atoms with Crippen LogP contribution in [0.3, 0.4) is 0 Å². The van der Waals surface area contributed by atoms with E-state index in [1.165, 1.54) is 0 Å². The van der Waals surface area contributed by atoms with E-state index in [0.717, 1.165) is 31.4 Å². The molecule has 0 aromatic heterocycles. The first-order valence-corrected chi connectivity index (χ1v) is 7.56. The fourth-order valence-corrected chi connectivity index (χ4v) is 3.36. The van der Waals surface area contributed by atoms with Gasteiger partial charge in [-0.05, 0) is 25.0 Å². The van der Waals surface area contributed by atoms with Crippen LogP contribution in [0.4, 0.5) is 5.69 Å². The van der Waals surface area contributed by atoms with Gasteiger partial charge in [-0.3, -0.25) is 0 Å².